The van der Waals surface area contributed by atoms with Crippen LogP contribution in [-0.2, 0) is 0 Å². The van der Waals surface area contributed by atoms with Crippen molar-refractivity contribution in [2.24, 2.45) is 0 Å². The van der Waals surface area contributed by atoms with Gasteiger partial charge in [-0.1, -0.05) is 12.1 Å². The number of hydrogen-bond acceptors (Lipinski definition) is 1. The quantitative estimate of drug-likeness (QED) is 0.631. The van der Waals surface area contributed by atoms with Crippen LogP contribution in [0.5, 0.6) is 0 Å². The molecule has 1 aromatic carbocycles. The Morgan fingerprint density at radius 3 is 2.70 bits per heavy atom. The predicted molar refractivity (Wildman–Crippen MR) is 36.5 cm³/mol. The van der Waals surface area contributed by atoms with Gasteiger partial charge in [-0.2, -0.15) is 0 Å². The number of aryl methyl sites for hydroxylation is 1. The Morgan fingerprint density at radius 2 is 2.20 bits per heavy atom. The molecule has 10 heavy (non-hydrogen) atoms. The maximum Gasteiger partial charge on any atom is 0.126 e. The molecule has 53 valence electrons. The predicted octanol–water partition coefficient (Wildman–Crippen LogP) is 2.02. The second kappa shape index (κ2) is 2.80. The lowest BCUT2D eigenvalue weighted by Crippen LogP contribution is -1.85. The summed E-state index contributed by atoms with van der Waals surface area (Å²) in [6.07, 6.45) is 0. The van der Waals surface area contributed by atoms with Gasteiger partial charge in [0.15, 0.2) is 0 Å². The molecule has 1 aromatic rings. The molecule has 0 saturated carbocycles. The highest BCUT2D eigenvalue weighted by molar-refractivity contribution is 5.26. The Hall–Kier alpha value is -0.890. The van der Waals surface area contributed by atoms with Crippen LogP contribution < -0.4 is 0 Å². The monoisotopic (exact) mass is 139 g/mol. The van der Waals surface area contributed by atoms with Gasteiger partial charge in [-0.05, 0) is 24.1 Å². The van der Waals surface area contributed by atoms with Crippen molar-refractivity contribution in [3.8, 4) is 0 Å². The van der Waals surface area contributed by atoms with Crippen LogP contribution in [0.15, 0.2) is 18.2 Å². The van der Waals surface area contributed by atoms with Crippen molar-refractivity contribution in [1.29, 1.82) is 0 Å². The molecule has 0 fully saturated rings. The third-order valence-corrected chi connectivity index (χ3v) is 1.34. The fourth-order valence-electron chi connectivity index (χ4n) is 0.689. The first-order valence-corrected chi connectivity index (χ1v) is 2.97. The average molecular weight is 139 g/mol. The van der Waals surface area contributed by atoms with Crippen LogP contribution in [-0.4, -0.2) is 5.11 Å². The molecule has 0 aromatic heterocycles. The molecule has 1 radical (unpaired) electrons. The van der Waals surface area contributed by atoms with Gasteiger partial charge in [0, 0.05) is 0 Å². The van der Waals surface area contributed by atoms with Crippen molar-refractivity contribution in [3.05, 3.63) is 41.8 Å². The summed E-state index contributed by atoms with van der Waals surface area (Å²) in [4.78, 5) is 0. The summed E-state index contributed by atoms with van der Waals surface area (Å²) < 4.78 is 12.6. The van der Waals surface area contributed by atoms with Gasteiger partial charge < -0.3 is 5.11 Å². The number of benzene rings is 1. The van der Waals surface area contributed by atoms with E-state index in [1.807, 2.05) is 0 Å². The van der Waals surface area contributed by atoms with Crippen LogP contribution in [0.3, 0.4) is 0 Å². The Morgan fingerprint density at radius 1 is 1.50 bits per heavy atom. The molecule has 0 amide bonds. The molecule has 0 spiro atoms. The minimum absolute atomic E-state index is 0.289. The van der Waals surface area contributed by atoms with Crippen molar-refractivity contribution in [2.45, 2.75) is 6.92 Å². The van der Waals surface area contributed by atoms with E-state index in [9.17, 15) is 4.39 Å². The van der Waals surface area contributed by atoms with E-state index in [2.05, 4.69) is 0 Å². The van der Waals surface area contributed by atoms with Crippen molar-refractivity contribution < 1.29 is 9.50 Å². The first-order chi connectivity index (χ1) is 4.74. The van der Waals surface area contributed by atoms with Crippen LogP contribution in [0.25, 0.3) is 0 Å². The minimum atomic E-state index is -0.289. The lowest BCUT2D eigenvalue weighted by Gasteiger charge is -1.97. The van der Waals surface area contributed by atoms with Crippen LogP contribution in [0, 0.1) is 19.3 Å². The van der Waals surface area contributed by atoms with Crippen LogP contribution in [0.2, 0.25) is 0 Å². The highest BCUT2D eigenvalue weighted by Crippen LogP contribution is 2.09. The van der Waals surface area contributed by atoms with Gasteiger partial charge in [0.1, 0.15) is 12.4 Å². The zero-order valence-corrected chi connectivity index (χ0v) is 5.63. The lowest BCUT2D eigenvalue weighted by atomic mass is 10.1. The molecule has 0 aliphatic rings. The van der Waals surface area contributed by atoms with E-state index in [1.54, 1.807) is 19.1 Å². The van der Waals surface area contributed by atoms with Crippen molar-refractivity contribution in [2.75, 3.05) is 0 Å². The lowest BCUT2D eigenvalue weighted by molar-refractivity contribution is 0.414. The molecule has 1 rings (SSSR count). The van der Waals surface area contributed by atoms with Crippen LogP contribution in [0.1, 0.15) is 11.1 Å². The molecule has 0 aliphatic heterocycles. The maximum absolute atomic E-state index is 12.6. The number of rotatable bonds is 1. The smallest absolute Gasteiger partial charge is 0.126 e. The zero-order valence-electron chi connectivity index (χ0n) is 5.63. The molecule has 0 saturated heterocycles. The van der Waals surface area contributed by atoms with Crippen LogP contribution >= 0.6 is 0 Å². The largest absolute Gasteiger partial charge is 0.385 e. The first kappa shape index (κ1) is 7.22. The molecule has 0 atom stereocenters. The molecule has 0 bridgehead atoms. The average Bonchev–Trinajstić information content (AvgIpc) is 1.95. The Labute approximate surface area is 59.1 Å². The highest BCUT2D eigenvalue weighted by atomic mass is 19.1. The third-order valence-electron chi connectivity index (χ3n) is 1.34. The van der Waals surface area contributed by atoms with Gasteiger partial charge in [-0.25, -0.2) is 4.39 Å². The van der Waals surface area contributed by atoms with E-state index in [0.717, 1.165) is 6.61 Å². The molecule has 2 heteroatoms. The molecule has 0 aliphatic carbocycles. The van der Waals surface area contributed by atoms with Gasteiger partial charge in [0.25, 0.3) is 0 Å². The third kappa shape index (κ3) is 1.33. The van der Waals surface area contributed by atoms with Gasteiger partial charge in [-0.15, -0.1) is 0 Å². The second-order valence-corrected chi connectivity index (χ2v) is 2.14. The van der Waals surface area contributed by atoms with Gasteiger partial charge in [0.2, 0.25) is 0 Å². The van der Waals surface area contributed by atoms with Gasteiger partial charge in [-0.3, -0.25) is 0 Å². The van der Waals surface area contributed by atoms with Gasteiger partial charge >= 0.3 is 0 Å². The van der Waals surface area contributed by atoms with Crippen molar-refractivity contribution in [1.82, 2.24) is 0 Å². The maximum atomic E-state index is 12.6. The van der Waals surface area contributed by atoms with Crippen molar-refractivity contribution in [3.63, 3.8) is 0 Å². The van der Waals surface area contributed by atoms with E-state index in [-0.39, 0.29) is 5.82 Å². The first-order valence-electron chi connectivity index (χ1n) is 2.97. The summed E-state index contributed by atoms with van der Waals surface area (Å²) in [7, 11) is 0. The summed E-state index contributed by atoms with van der Waals surface area (Å²) in [5, 5.41) is 8.46. The fourth-order valence-corrected chi connectivity index (χ4v) is 0.689. The Kier molecular flexibility index (Phi) is 2.02. The molecular weight excluding hydrogens is 131 g/mol. The fraction of sp³-hybridized carbons (Fsp3) is 0.125. The van der Waals surface area contributed by atoms with E-state index < -0.39 is 0 Å². The normalized spacial score (nSPS) is 9.90. The summed E-state index contributed by atoms with van der Waals surface area (Å²) >= 11 is 0. The Balaban J connectivity index is 3.04. The zero-order chi connectivity index (χ0) is 7.56. The van der Waals surface area contributed by atoms with E-state index in [1.165, 1.54) is 6.07 Å². The molecular formula is C8H8FO. The molecule has 1 N–H and O–H groups in total. The number of aliphatic hydroxyl groups excluding tert-OH is 1. The van der Waals surface area contributed by atoms with Crippen molar-refractivity contribution >= 4 is 0 Å². The second-order valence-electron chi connectivity index (χ2n) is 2.14. The van der Waals surface area contributed by atoms with E-state index in [0.29, 0.717) is 11.1 Å². The molecule has 1 nitrogen and oxygen atoms in total. The standard InChI is InChI=1S/C8H8FO/c1-6-2-3-7(5-10)4-8(6)9/h2-5,10H,1H3. The summed E-state index contributed by atoms with van der Waals surface area (Å²) in [5.41, 5.74) is 1.08. The summed E-state index contributed by atoms with van der Waals surface area (Å²) in [5.74, 6) is -0.289. The SMILES string of the molecule is Cc1ccc([CH]O)cc1F. The number of hydrogen-bond donors (Lipinski definition) is 1. The van der Waals surface area contributed by atoms with Crippen LogP contribution in [0.4, 0.5) is 4.39 Å². The summed E-state index contributed by atoms with van der Waals surface area (Å²) in [6, 6.07) is 4.56. The molecule has 0 heterocycles. The topological polar surface area (TPSA) is 20.2 Å². The van der Waals surface area contributed by atoms with E-state index in [4.69, 9.17) is 5.11 Å². The highest BCUT2D eigenvalue weighted by Gasteiger charge is 1.96. The van der Waals surface area contributed by atoms with E-state index >= 15 is 0 Å². The summed E-state index contributed by atoms with van der Waals surface area (Å²) in [6.45, 7) is 2.55. The van der Waals surface area contributed by atoms with Gasteiger partial charge in [0.05, 0.1) is 0 Å². The number of halogens is 1. The minimum Gasteiger partial charge on any atom is -0.385 e. The number of aliphatic hydroxyl groups is 1. The Bertz CT molecular complexity index is 233. The molecule has 0 unspecified atom stereocenters.